The molecule has 0 bridgehead atoms. The summed E-state index contributed by atoms with van der Waals surface area (Å²) in [5, 5.41) is 28.8. The van der Waals surface area contributed by atoms with Crippen molar-refractivity contribution < 1.29 is 24.9 Å². The molecule has 1 aliphatic rings. The van der Waals surface area contributed by atoms with E-state index in [1.165, 1.54) is 42.5 Å². The van der Waals surface area contributed by atoms with Gasteiger partial charge in [-0.3, -0.25) is 4.79 Å². The number of aliphatic hydroxyl groups is 1. The van der Waals surface area contributed by atoms with Crippen molar-refractivity contribution in [3.63, 3.8) is 0 Å². The summed E-state index contributed by atoms with van der Waals surface area (Å²) in [6.07, 6.45) is -2.19. The normalized spacial score (nSPS) is 18.4. The first kappa shape index (κ1) is 12.5. The molecule has 2 atom stereocenters. The number of rotatable bonds is 2. The average Bonchev–Trinajstić information content (AvgIpc) is 2.75. The molecule has 0 saturated heterocycles. The number of carbonyl (C=O) groups excluding carboxylic acids is 1. The van der Waals surface area contributed by atoms with Crippen LogP contribution in [-0.4, -0.2) is 27.2 Å². The van der Waals surface area contributed by atoms with E-state index in [1.54, 1.807) is 0 Å². The molecule has 1 heterocycles. The van der Waals surface area contributed by atoms with Gasteiger partial charge in [0.15, 0.2) is 6.10 Å². The highest BCUT2D eigenvalue weighted by Gasteiger charge is 2.38. The Morgan fingerprint density at radius 1 is 1.00 bits per heavy atom. The van der Waals surface area contributed by atoms with Crippen molar-refractivity contribution in [1.82, 2.24) is 0 Å². The minimum atomic E-state index is -1.14. The highest BCUT2D eigenvalue weighted by atomic mass is 16.5. The molecule has 0 saturated carbocycles. The second-order valence-electron chi connectivity index (χ2n) is 4.62. The van der Waals surface area contributed by atoms with Crippen molar-refractivity contribution in [1.29, 1.82) is 0 Å². The number of carbonyl (C=O) groups is 1. The minimum Gasteiger partial charge on any atom is -0.508 e. The number of phenols is 2. The van der Waals surface area contributed by atoms with E-state index in [-0.39, 0.29) is 23.0 Å². The van der Waals surface area contributed by atoms with E-state index >= 15 is 0 Å². The van der Waals surface area contributed by atoms with Gasteiger partial charge in [0.2, 0.25) is 5.78 Å². The number of hydrogen-bond acceptors (Lipinski definition) is 5. The summed E-state index contributed by atoms with van der Waals surface area (Å²) in [4.78, 5) is 12.2. The SMILES string of the molecule is O=C1c2ccc(O)cc2O[C@H]1[C@@H](O)c1ccc(O)cc1. The second-order valence-corrected chi connectivity index (χ2v) is 4.62. The van der Waals surface area contributed by atoms with Crippen LogP contribution in [0.1, 0.15) is 22.0 Å². The summed E-state index contributed by atoms with van der Waals surface area (Å²) in [6, 6.07) is 10.1. The number of aromatic hydroxyl groups is 2. The Bertz CT molecular complexity index is 662. The Hall–Kier alpha value is -2.53. The Labute approximate surface area is 114 Å². The summed E-state index contributed by atoms with van der Waals surface area (Å²) < 4.78 is 5.42. The van der Waals surface area contributed by atoms with Crippen molar-refractivity contribution in [3.05, 3.63) is 53.6 Å². The first-order chi connectivity index (χ1) is 9.56. The summed E-state index contributed by atoms with van der Waals surface area (Å²) >= 11 is 0. The smallest absolute Gasteiger partial charge is 0.210 e. The maximum absolute atomic E-state index is 12.2. The van der Waals surface area contributed by atoms with Gasteiger partial charge in [0, 0.05) is 6.07 Å². The first-order valence-electron chi connectivity index (χ1n) is 6.07. The largest absolute Gasteiger partial charge is 0.508 e. The fraction of sp³-hybridized carbons (Fsp3) is 0.133. The molecule has 2 aromatic carbocycles. The van der Waals surface area contributed by atoms with Crippen LogP contribution in [-0.2, 0) is 0 Å². The molecule has 0 amide bonds. The Morgan fingerprint density at radius 2 is 1.65 bits per heavy atom. The molecular formula is C15H12O5. The number of ketones is 1. The van der Waals surface area contributed by atoms with Crippen molar-refractivity contribution in [2.45, 2.75) is 12.2 Å². The number of hydrogen-bond donors (Lipinski definition) is 3. The summed E-state index contributed by atoms with van der Waals surface area (Å²) in [5.74, 6) is 0.00236. The minimum absolute atomic E-state index is 0.00340. The van der Waals surface area contributed by atoms with E-state index < -0.39 is 12.2 Å². The highest BCUT2D eigenvalue weighted by molar-refractivity contribution is 6.05. The fourth-order valence-corrected chi connectivity index (χ4v) is 2.21. The number of phenolic OH excluding ortho intramolecular Hbond substituents is 2. The van der Waals surface area contributed by atoms with E-state index in [9.17, 15) is 20.1 Å². The number of fused-ring (bicyclic) bond motifs is 1. The van der Waals surface area contributed by atoms with E-state index in [1.807, 2.05) is 0 Å². The second kappa shape index (κ2) is 4.54. The van der Waals surface area contributed by atoms with Crippen molar-refractivity contribution in [3.8, 4) is 17.2 Å². The molecule has 0 radical (unpaired) electrons. The lowest BCUT2D eigenvalue weighted by atomic mass is 9.99. The molecule has 1 aliphatic heterocycles. The van der Waals surface area contributed by atoms with Gasteiger partial charge in [0.25, 0.3) is 0 Å². The first-order valence-corrected chi connectivity index (χ1v) is 6.07. The molecule has 0 fully saturated rings. The van der Waals surface area contributed by atoms with E-state index in [4.69, 9.17) is 4.74 Å². The number of ether oxygens (including phenoxy) is 1. The van der Waals surface area contributed by atoms with Gasteiger partial charge in [-0.25, -0.2) is 0 Å². The zero-order valence-electron chi connectivity index (χ0n) is 10.4. The third-order valence-electron chi connectivity index (χ3n) is 3.26. The van der Waals surface area contributed by atoms with Crippen LogP contribution in [0.2, 0.25) is 0 Å². The molecule has 3 N–H and O–H groups in total. The lowest BCUT2D eigenvalue weighted by molar-refractivity contribution is 0.0407. The molecule has 0 aliphatic carbocycles. The lowest BCUT2D eigenvalue weighted by Gasteiger charge is -2.17. The van der Waals surface area contributed by atoms with Crippen LogP contribution in [0, 0.1) is 0 Å². The van der Waals surface area contributed by atoms with E-state index in [0.717, 1.165) is 0 Å². The summed E-state index contributed by atoms with van der Waals surface area (Å²) in [7, 11) is 0. The number of benzene rings is 2. The summed E-state index contributed by atoms with van der Waals surface area (Å²) in [5.41, 5.74) is 0.809. The lowest BCUT2D eigenvalue weighted by Crippen LogP contribution is -2.28. The van der Waals surface area contributed by atoms with Crippen molar-refractivity contribution in [2.24, 2.45) is 0 Å². The monoisotopic (exact) mass is 272 g/mol. The maximum Gasteiger partial charge on any atom is 0.210 e. The predicted octanol–water partition coefficient (Wildman–Crippen LogP) is 1.78. The zero-order valence-corrected chi connectivity index (χ0v) is 10.4. The van der Waals surface area contributed by atoms with Gasteiger partial charge in [-0.2, -0.15) is 0 Å². The Kier molecular flexibility index (Phi) is 2.84. The summed E-state index contributed by atoms with van der Waals surface area (Å²) in [6.45, 7) is 0. The predicted molar refractivity (Wildman–Crippen MR) is 69.9 cm³/mol. The molecule has 0 spiro atoms. The highest BCUT2D eigenvalue weighted by Crippen LogP contribution is 2.36. The molecule has 20 heavy (non-hydrogen) atoms. The van der Waals surface area contributed by atoms with Crippen LogP contribution in [0.5, 0.6) is 17.2 Å². The third-order valence-corrected chi connectivity index (χ3v) is 3.26. The molecular weight excluding hydrogens is 260 g/mol. The van der Waals surface area contributed by atoms with Gasteiger partial charge in [-0.05, 0) is 29.8 Å². The van der Waals surface area contributed by atoms with Crippen molar-refractivity contribution >= 4 is 5.78 Å². The third kappa shape index (κ3) is 1.98. The quantitative estimate of drug-likeness (QED) is 0.775. The van der Waals surface area contributed by atoms with Gasteiger partial charge in [0.05, 0.1) is 5.56 Å². The van der Waals surface area contributed by atoms with Crippen molar-refractivity contribution in [2.75, 3.05) is 0 Å². The molecule has 5 nitrogen and oxygen atoms in total. The Balaban J connectivity index is 1.90. The average molecular weight is 272 g/mol. The molecule has 2 aromatic rings. The standard InChI is InChI=1S/C15H12O5/c16-9-3-1-8(2-4-9)13(18)15-14(19)11-6-5-10(17)7-12(11)20-15/h1-7,13,15-18H/t13-,15-/m0/s1. The zero-order chi connectivity index (χ0) is 14.3. The fourth-order valence-electron chi connectivity index (χ4n) is 2.21. The maximum atomic E-state index is 12.2. The Morgan fingerprint density at radius 3 is 2.35 bits per heavy atom. The molecule has 5 heteroatoms. The van der Waals surface area contributed by atoms with Crippen LogP contribution in [0.15, 0.2) is 42.5 Å². The van der Waals surface area contributed by atoms with E-state index in [0.29, 0.717) is 11.1 Å². The van der Waals surface area contributed by atoms with Gasteiger partial charge in [-0.1, -0.05) is 12.1 Å². The molecule has 3 rings (SSSR count). The van der Waals surface area contributed by atoms with Gasteiger partial charge in [-0.15, -0.1) is 0 Å². The van der Waals surface area contributed by atoms with Crippen LogP contribution in [0.3, 0.4) is 0 Å². The van der Waals surface area contributed by atoms with Crippen LogP contribution in [0.25, 0.3) is 0 Å². The van der Waals surface area contributed by atoms with Crippen LogP contribution < -0.4 is 4.74 Å². The van der Waals surface area contributed by atoms with Crippen LogP contribution >= 0.6 is 0 Å². The number of Topliss-reactive ketones (excluding diaryl/α,β-unsaturated/α-hetero) is 1. The topological polar surface area (TPSA) is 87.0 Å². The molecule has 102 valence electrons. The van der Waals surface area contributed by atoms with Gasteiger partial charge >= 0.3 is 0 Å². The molecule has 0 aromatic heterocycles. The van der Waals surface area contributed by atoms with Crippen LogP contribution in [0.4, 0.5) is 0 Å². The van der Waals surface area contributed by atoms with Gasteiger partial charge < -0.3 is 20.1 Å². The van der Waals surface area contributed by atoms with Gasteiger partial charge in [0.1, 0.15) is 23.4 Å². The number of aliphatic hydroxyl groups excluding tert-OH is 1. The van der Waals surface area contributed by atoms with E-state index in [2.05, 4.69) is 0 Å². The molecule has 0 unspecified atom stereocenters.